The van der Waals surface area contributed by atoms with Crippen molar-refractivity contribution in [3.05, 3.63) is 28.8 Å². The van der Waals surface area contributed by atoms with E-state index in [0.29, 0.717) is 5.02 Å². The molecule has 0 spiro atoms. The Morgan fingerprint density at radius 2 is 2.07 bits per heavy atom. The second-order valence-corrected chi connectivity index (χ2v) is 3.91. The third-order valence-electron chi connectivity index (χ3n) is 2.57. The number of anilines is 1. The Hall–Kier alpha value is -0.770. The molecule has 0 saturated carbocycles. The van der Waals surface area contributed by atoms with Gasteiger partial charge in [-0.1, -0.05) is 23.7 Å². The molecule has 4 heteroatoms. The first kappa shape index (κ1) is 10.7. The first-order chi connectivity index (χ1) is 7.33. The van der Waals surface area contributed by atoms with Crippen LogP contribution in [-0.4, -0.2) is 31.4 Å². The second kappa shape index (κ2) is 4.84. The molecule has 1 aromatic rings. The number of aliphatic hydroxyl groups excluding tert-OH is 1. The zero-order chi connectivity index (χ0) is 10.7. The van der Waals surface area contributed by atoms with E-state index in [1.54, 1.807) is 0 Å². The maximum absolute atomic E-state index is 9.26. The van der Waals surface area contributed by atoms with Gasteiger partial charge in [-0.3, -0.25) is 0 Å². The predicted molar refractivity (Wildman–Crippen MR) is 60.4 cm³/mol. The molecule has 0 aromatic heterocycles. The fraction of sp³-hybridized carbons (Fsp3) is 0.455. The summed E-state index contributed by atoms with van der Waals surface area (Å²) in [5.41, 5.74) is 1.83. The molecule has 0 amide bonds. The van der Waals surface area contributed by atoms with Crippen LogP contribution in [0.3, 0.4) is 0 Å². The summed E-state index contributed by atoms with van der Waals surface area (Å²) in [7, 11) is 0. The third-order valence-corrected chi connectivity index (χ3v) is 2.87. The summed E-state index contributed by atoms with van der Waals surface area (Å²) in [6.45, 7) is 3.12. The quantitative estimate of drug-likeness (QED) is 0.835. The van der Waals surface area contributed by atoms with Crippen LogP contribution in [-0.2, 0) is 11.3 Å². The van der Waals surface area contributed by atoms with E-state index >= 15 is 0 Å². The van der Waals surface area contributed by atoms with E-state index in [0.717, 1.165) is 37.6 Å². The van der Waals surface area contributed by atoms with Crippen LogP contribution in [0.15, 0.2) is 18.2 Å². The Bertz CT molecular complexity index is 337. The van der Waals surface area contributed by atoms with Crippen molar-refractivity contribution < 1.29 is 9.84 Å². The highest BCUT2D eigenvalue weighted by atomic mass is 35.5. The monoisotopic (exact) mass is 227 g/mol. The lowest BCUT2D eigenvalue weighted by molar-refractivity contribution is 0.122. The number of ether oxygens (including phenoxy) is 1. The average molecular weight is 228 g/mol. The van der Waals surface area contributed by atoms with E-state index < -0.39 is 0 Å². The molecule has 1 fully saturated rings. The van der Waals surface area contributed by atoms with E-state index in [1.807, 2.05) is 18.2 Å². The van der Waals surface area contributed by atoms with Crippen molar-refractivity contribution >= 4 is 17.3 Å². The predicted octanol–water partition coefficient (Wildman–Crippen LogP) is 1.67. The molecule has 0 atom stereocenters. The molecule has 2 rings (SSSR count). The van der Waals surface area contributed by atoms with E-state index in [4.69, 9.17) is 16.3 Å². The molecule has 1 heterocycles. The van der Waals surface area contributed by atoms with Gasteiger partial charge in [0.05, 0.1) is 30.5 Å². The molecular formula is C11H14ClNO2. The maximum atomic E-state index is 9.26. The van der Waals surface area contributed by atoms with Gasteiger partial charge in [0.2, 0.25) is 0 Å². The number of morpholine rings is 1. The summed E-state index contributed by atoms with van der Waals surface area (Å²) in [5.74, 6) is 0. The van der Waals surface area contributed by atoms with Crippen molar-refractivity contribution in [2.75, 3.05) is 31.2 Å². The molecule has 3 nitrogen and oxygen atoms in total. The lowest BCUT2D eigenvalue weighted by Crippen LogP contribution is -2.37. The summed E-state index contributed by atoms with van der Waals surface area (Å²) in [4.78, 5) is 2.16. The minimum Gasteiger partial charge on any atom is -0.392 e. The maximum Gasteiger partial charge on any atom is 0.0702 e. The number of nitrogens with zero attached hydrogens (tertiary/aromatic N) is 1. The van der Waals surface area contributed by atoms with Crippen LogP contribution in [0.25, 0.3) is 0 Å². The van der Waals surface area contributed by atoms with Crippen LogP contribution in [0.2, 0.25) is 5.02 Å². The third kappa shape index (κ3) is 2.25. The van der Waals surface area contributed by atoms with Crippen molar-refractivity contribution in [1.82, 2.24) is 0 Å². The van der Waals surface area contributed by atoms with Crippen LogP contribution < -0.4 is 4.90 Å². The normalized spacial score (nSPS) is 16.8. The van der Waals surface area contributed by atoms with Gasteiger partial charge in [-0.15, -0.1) is 0 Å². The number of hydrogen-bond donors (Lipinski definition) is 1. The number of hydrogen-bond acceptors (Lipinski definition) is 3. The van der Waals surface area contributed by atoms with Gasteiger partial charge < -0.3 is 14.7 Å². The molecule has 1 N–H and O–H groups in total. The molecule has 15 heavy (non-hydrogen) atoms. The Morgan fingerprint density at radius 3 is 2.73 bits per heavy atom. The van der Waals surface area contributed by atoms with Crippen molar-refractivity contribution in [2.24, 2.45) is 0 Å². The number of benzene rings is 1. The van der Waals surface area contributed by atoms with Gasteiger partial charge in [-0.2, -0.15) is 0 Å². The second-order valence-electron chi connectivity index (χ2n) is 3.51. The Kier molecular flexibility index (Phi) is 3.46. The van der Waals surface area contributed by atoms with Crippen LogP contribution in [0, 0.1) is 0 Å². The van der Waals surface area contributed by atoms with E-state index in [-0.39, 0.29) is 6.61 Å². The number of halogens is 1. The topological polar surface area (TPSA) is 32.7 Å². The molecule has 0 bridgehead atoms. The van der Waals surface area contributed by atoms with Crippen molar-refractivity contribution in [1.29, 1.82) is 0 Å². The minimum atomic E-state index is 0.0211. The molecule has 82 valence electrons. The minimum absolute atomic E-state index is 0.0211. The van der Waals surface area contributed by atoms with Gasteiger partial charge in [0.15, 0.2) is 0 Å². The molecule has 1 aliphatic rings. The summed E-state index contributed by atoms with van der Waals surface area (Å²) < 4.78 is 5.29. The van der Waals surface area contributed by atoms with E-state index in [2.05, 4.69) is 4.90 Å². The lowest BCUT2D eigenvalue weighted by Gasteiger charge is -2.31. The highest BCUT2D eigenvalue weighted by Gasteiger charge is 2.16. The first-order valence-electron chi connectivity index (χ1n) is 5.04. The zero-order valence-corrected chi connectivity index (χ0v) is 9.20. The van der Waals surface area contributed by atoms with Crippen LogP contribution in [0.1, 0.15) is 5.56 Å². The first-order valence-corrected chi connectivity index (χ1v) is 5.41. The average Bonchev–Trinajstić information content (AvgIpc) is 2.29. The van der Waals surface area contributed by atoms with Crippen LogP contribution in [0.4, 0.5) is 5.69 Å². The van der Waals surface area contributed by atoms with E-state index in [9.17, 15) is 5.11 Å². The van der Waals surface area contributed by atoms with Gasteiger partial charge in [-0.05, 0) is 6.07 Å². The Morgan fingerprint density at radius 1 is 1.33 bits per heavy atom. The summed E-state index contributed by atoms with van der Waals surface area (Å²) >= 11 is 6.15. The summed E-state index contributed by atoms with van der Waals surface area (Å²) in [6, 6.07) is 5.61. The Balaban J connectivity index is 2.31. The molecular weight excluding hydrogens is 214 g/mol. The number of rotatable bonds is 2. The lowest BCUT2D eigenvalue weighted by atomic mass is 10.1. The summed E-state index contributed by atoms with van der Waals surface area (Å²) in [5, 5.41) is 9.95. The zero-order valence-electron chi connectivity index (χ0n) is 8.45. The molecule has 0 radical (unpaired) electrons. The highest BCUT2D eigenvalue weighted by Crippen LogP contribution is 2.30. The summed E-state index contributed by atoms with van der Waals surface area (Å²) in [6.07, 6.45) is 0. The molecule has 0 aliphatic carbocycles. The largest absolute Gasteiger partial charge is 0.392 e. The van der Waals surface area contributed by atoms with Crippen LogP contribution in [0.5, 0.6) is 0 Å². The number of aliphatic hydroxyl groups is 1. The van der Waals surface area contributed by atoms with Gasteiger partial charge in [0.25, 0.3) is 0 Å². The van der Waals surface area contributed by atoms with Gasteiger partial charge in [0, 0.05) is 18.7 Å². The molecule has 0 unspecified atom stereocenters. The van der Waals surface area contributed by atoms with Gasteiger partial charge in [0.1, 0.15) is 0 Å². The standard InChI is InChI=1S/C11H14ClNO2/c12-10-3-1-2-9(8-14)11(10)13-4-6-15-7-5-13/h1-3,14H,4-8H2. The van der Waals surface area contributed by atoms with Gasteiger partial charge >= 0.3 is 0 Å². The SMILES string of the molecule is OCc1cccc(Cl)c1N1CCOCC1. The Labute approximate surface area is 94.2 Å². The smallest absolute Gasteiger partial charge is 0.0702 e. The van der Waals surface area contributed by atoms with Gasteiger partial charge in [-0.25, -0.2) is 0 Å². The van der Waals surface area contributed by atoms with E-state index in [1.165, 1.54) is 0 Å². The number of para-hydroxylation sites is 1. The fourth-order valence-corrected chi connectivity index (χ4v) is 2.14. The van der Waals surface area contributed by atoms with Crippen molar-refractivity contribution in [2.45, 2.75) is 6.61 Å². The van der Waals surface area contributed by atoms with Crippen LogP contribution >= 0.6 is 11.6 Å². The molecule has 1 aliphatic heterocycles. The molecule has 1 saturated heterocycles. The highest BCUT2D eigenvalue weighted by molar-refractivity contribution is 6.33. The fourth-order valence-electron chi connectivity index (χ4n) is 1.83. The molecule has 1 aromatic carbocycles. The van der Waals surface area contributed by atoms with Crippen molar-refractivity contribution in [3.8, 4) is 0 Å². The van der Waals surface area contributed by atoms with Crippen molar-refractivity contribution in [3.63, 3.8) is 0 Å².